The predicted molar refractivity (Wildman–Crippen MR) is 146 cm³/mol. The van der Waals surface area contributed by atoms with Crippen molar-refractivity contribution < 1.29 is 23.9 Å². The third-order valence-electron chi connectivity index (χ3n) is 5.69. The van der Waals surface area contributed by atoms with Gasteiger partial charge in [0.25, 0.3) is 11.8 Å². The molecule has 1 N–H and O–H groups in total. The average Bonchev–Trinajstić information content (AvgIpc) is 2.83. The fourth-order valence-corrected chi connectivity index (χ4v) is 4.66. The molecule has 0 bridgehead atoms. The van der Waals surface area contributed by atoms with Gasteiger partial charge in [0.15, 0.2) is 11.5 Å². The minimum Gasteiger partial charge on any atom is -0.493 e. The van der Waals surface area contributed by atoms with Gasteiger partial charge in [-0.25, -0.2) is 9.69 Å². The smallest absolute Gasteiger partial charge is 0.335 e. The number of methoxy groups -OCH3 is 1. The van der Waals surface area contributed by atoms with Gasteiger partial charge in [-0.05, 0) is 101 Å². The van der Waals surface area contributed by atoms with Gasteiger partial charge in [-0.1, -0.05) is 29.8 Å². The van der Waals surface area contributed by atoms with E-state index in [1.807, 2.05) is 38.1 Å². The van der Waals surface area contributed by atoms with Crippen molar-refractivity contribution in [2.45, 2.75) is 20.5 Å². The number of nitrogens with one attached hydrogen (secondary N) is 1. The number of rotatable bonds is 6. The zero-order valence-electron chi connectivity index (χ0n) is 19.7. The lowest BCUT2D eigenvalue weighted by molar-refractivity contribution is -0.122. The zero-order chi connectivity index (χ0) is 26.0. The van der Waals surface area contributed by atoms with Crippen LogP contribution in [0.25, 0.3) is 6.08 Å². The van der Waals surface area contributed by atoms with Crippen molar-refractivity contribution in [2.24, 2.45) is 0 Å². The lowest BCUT2D eigenvalue weighted by Gasteiger charge is -2.27. The van der Waals surface area contributed by atoms with Gasteiger partial charge in [0.2, 0.25) is 0 Å². The summed E-state index contributed by atoms with van der Waals surface area (Å²) in [6, 6.07) is 15.2. The Bertz CT molecular complexity index is 1420. The van der Waals surface area contributed by atoms with Crippen LogP contribution in [-0.2, 0) is 16.2 Å². The number of imide groups is 2. The van der Waals surface area contributed by atoms with E-state index in [9.17, 15) is 14.4 Å². The lowest BCUT2D eigenvalue weighted by atomic mass is 10.0. The van der Waals surface area contributed by atoms with Crippen molar-refractivity contribution >= 4 is 63.8 Å². The van der Waals surface area contributed by atoms with Gasteiger partial charge in [0, 0.05) is 5.02 Å². The fraction of sp³-hybridized carbons (Fsp3) is 0.148. The van der Waals surface area contributed by atoms with Gasteiger partial charge >= 0.3 is 6.03 Å². The lowest BCUT2D eigenvalue weighted by Crippen LogP contribution is -2.54. The molecule has 0 spiro atoms. The maximum atomic E-state index is 13.2. The summed E-state index contributed by atoms with van der Waals surface area (Å²) < 4.78 is 12.2. The Morgan fingerprint density at radius 1 is 1.03 bits per heavy atom. The third kappa shape index (κ3) is 5.39. The monoisotopic (exact) mass is 616 g/mol. The first kappa shape index (κ1) is 25.7. The second kappa shape index (κ2) is 10.7. The highest BCUT2D eigenvalue weighted by Crippen LogP contribution is 2.36. The van der Waals surface area contributed by atoms with Crippen LogP contribution in [-0.4, -0.2) is 25.0 Å². The summed E-state index contributed by atoms with van der Waals surface area (Å²) in [5.41, 5.74) is 3.60. The molecule has 1 saturated heterocycles. The van der Waals surface area contributed by atoms with E-state index >= 15 is 0 Å². The van der Waals surface area contributed by atoms with Gasteiger partial charge < -0.3 is 9.47 Å². The minimum atomic E-state index is -0.790. The standard InChI is InChI=1S/C27H22ClIN2O5/c1-15-7-8-20(9-16(15)2)31-26(33)21(25(32)30-27(31)34)11-18-12-22(29)24(23(13-18)35-3)36-14-17-5-4-6-19(28)10-17/h4-13H,14H2,1-3H3,(H,30,32,34)/b21-11+. The number of anilines is 1. The number of carbonyl (C=O) groups is 3. The number of ether oxygens (including phenoxy) is 2. The van der Waals surface area contributed by atoms with Gasteiger partial charge in [-0.3, -0.25) is 14.9 Å². The van der Waals surface area contributed by atoms with Crippen LogP contribution in [0, 0.1) is 17.4 Å². The van der Waals surface area contributed by atoms with Crippen LogP contribution in [0.5, 0.6) is 11.5 Å². The zero-order valence-corrected chi connectivity index (χ0v) is 22.6. The molecule has 3 aromatic rings. The van der Waals surface area contributed by atoms with E-state index in [1.54, 1.807) is 30.3 Å². The average molecular weight is 617 g/mol. The molecule has 1 aliphatic heterocycles. The molecule has 3 aromatic carbocycles. The Balaban J connectivity index is 1.65. The minimum absolute atomic E-state index is 0.168. The molecule has 0 unspecified atom stereocenters. The molecule has 1 aliphatic rings. The van der Waals surface area contributed by atoms with Gasteiger partial charge in [0.1, 0.15) is 12.2 Å². The first-order valence-electron chi connectivity index (χ1n) is 10.9. The van der Waals surface area contributed by atoms with E-state index in [1.165, 1.54) is 13.2 Å². The number of urea groups is 1. The molecule has 0 aromatic heterocycles. The Morgan fingerprint density at radius 2 is 1.81 bits per heavy atom. The van der Waals surface area contributed by atoms with Gasteiger partial charge in [-0.2, -0.15) is 0 Å². The normalized spacial score (nSPS) is 14.8. The van der Waals surface area contributed by atoms with E-state index in [-0.39, 0.29) is 12.2 Å². The number of carbonyl (C=O) groups excluding carboxylic acids is 3. The van der Waals surface area contributed by atoms with E-state index < -0.39 is 17.8 Å². The number of halogens is 2. The molecule has 1 fully saturated rings. The second-order valence-corrected chi connectivity index (χ2v) is 9.78. The number of nitrogens with zero attached hydrogens (tertiary/aromatic N) is 1. The molecule has 0 radical (unpaired) electrons. The maximum Gasteiger partial charge on any atom is 0.335 e. The molecule has 0 saturated carbocycles. The van der Waals surface area contributed by atoms with Crippen molar-refractivity contribution in [3.63, 3.8) is 0 Å². The highest BCUT2D eigenvalue weighted by Gasteiger charge is 2.37. The van der Waals surface area contributed by atoms with Gasteiger partial charge in [0.05, 0.1) is 16.4 Å². The summed E-state index contributed by atoms with van der Waals surface area (Å²) in [4.78, 5) is 39.3. The number of amides is 4. The molecule has 184 valence electrons. The number of aryl methyl sites for hydroxylation is 2. The summed E-state index contributed by atoms with van der Waals surface area (Å²) in [7, 11) is 1.51. The number of benzene rings is 3. The van der Waals surface area contributed by atoms with Crippen LogP contribution >= 0.6 is 34.2 Å². The maximum absolute atomic E-state index is 13.2. The highest BCUT2D eigenvalue weighted by molar-refractivity contribution is 14.1. The van der Waals surface area contributed by atoms with E-state index in [0.717, 1.165) is 21.6 Å². The first-order valence-corrected chi connectivity index (χ1v) is 12.4. The predicted octanol–water partition coefficient (Wildman–Crippen LogP) is 5.82. The van der Waals surface area contributed by atoms with Crippen molar-refractivity contribution in [2.75, 3.05) is 12.0 Å². The van der Waals surface area contributed by atoms with E-state index in [0.29, 0.717) is 31.3 Å². The van der Waals surface area contributed by atoms with Crippen LogP contribution in [0.15, 0.2) is 60.2 Å². The Hall–Kier alpha value is -3.37. The molecule has 1 heterocycles. The Labute approximate surface area is 227 Å². The summed E-state index contributed by atoms with van der Waals surface area (Å²) in [6.45, 7) is 4.10. The van der Waals surface area contributed by atoms with Crippen LogP contribution in [0.3, 0.4) is 0 Å². The highest BCUT2D eigenvalue weighted by atomic mass is 127. The number of hydrogen-bond donors (Lipinski definition) is 1. The fourth-order valence-electron chi connectivity index (χ4n) is 3.67. The van der Waals surface area contributed by atoms with Crippen LogP contribution in [0.2, 0.25) is 5.02 Å². The first-order chi connectivity index (χ1) is 17.2. The van der Waals surface area contributed by atoms with Crippen molar-refractivity contribution in [3.05, 3.63) is 91.0 Å². The number of barbiturate groups is 1. The summed E-state index contributed by atoms with van der Waals surface area (Å²) in [6.07, 6.45) is 1.43. The molecule has 4 rings (SSSR count). The molecule has 4 amide bonds. The van der Waals surface area contributed by atoms with Crippen LogP contribution in [0.4, 0.5) is 10.5 Å². The molecule has 36 heavy (non-hydrogen) atoms. The topological polar surface area (TPSA) is 84.9 Å². The third-order valence-corrected chi connectivity index (χ3v) is 6.72. The molecular formula is C27H22ClIN2O5. The largest absolute Gasteiger partial charge is 0.493 e. The Kier molecular flexibility index (Phi) is 7.65. The van der Waals surface area contributed by atoms with Crippen molar-refractivity contribution in [3.8, 4) is 11.5 Å². The van der Waals surface area contributed by atoms with Crippen molar-refractivity contribution in [1.29, 1.82) is 0 Å². The van der Waals surface area contributed by atoms with Crippen LogP contribution in [0.1, 0.15) is 22.3 Å². The summed E-state index contributed by atoms with van der Waals surface area (Å²) in [5, 5.41) is 2.86. The number of hydrogen-bond acceptors (Lipinski definition) is 5. The quantitative estimate of drug-likeness (QED) is 0.215. The SMILES string of the molecule is COc1cc(/C=C2\C(=O)NC(=O)N(c3ccc(C)c(C)c3)C2=O)cc(I)c1OCc1cccc(Cl)c1. The van der Waals surface area contributed by atoms with Crippen LogP contribution < -0.4 is 19.7 Å². The molecular weight excluding hydrogens is 595 g/mol. The second-order valence-electron chi connectivity index (χ2n) is 8.18. The van der Waals surface area contributed by atoms with Gasteiger partial charge in [-0.15, -0.1) is 0 Å². The molecule has 0 atom stereocenters. The van der Waals surface area contributed by atoms with E-state index in [4.69, 9.17) is 21.1 Å². The summed E-state index contributed by atoms with van der Waals surface area (Å²) in [5.74, 6) is -0.518. The Morgan fingerprint density at radius 3 is 2.50 bits per heavy atom. The van der Waals surface area contributed by atoms with E-state index in [2.05, 4.69) is 27.9 Å². The van der Waals surface area contributed by atoms with Crippen molar-refractivity contribution in [1.82, 2.24) is 5.32 Å². The molecule has 0 aliphatic carbocycles. The molecule has 9 heteroatoms. The molecule has 7 nitrogen and oxygen atoms in total. The summed E-state index contributed by atoms with van der Waals surface area (Å²) >= 11 is 8.16.